The molecule has 1 fully saturated rings. The minimum Gasteiger partial charge on any atom is -0.478 e. The van der Waals surface area contributed by atoms with Crippen LogP contribution in [-0.4, -0.2) is 27.1 Å². The number of fused-ring (bicyclic) bond motifs is 1. The van der Waals surface area contributed by atoms with Gasteiger partial charge in [-0.1, -0.05) is 12.1 Å². The van der Waals surface area contributed by atoms with Gasteiger partial charge in [0, 0.05) is 21.9 Å². The fourth-order valence-corrected chi connectivity index (χ4v) is 5.88. The van der Waals surface area contributed by atoms with E-state index in [0.29, 0.717) is 41.1 Å². The summed E-state index contributed by atoms with van der Waals surface area (Å²) in [6, 6.07) is 0. The van der Waals surface area contributed by atoms with Crippen LogP contribution in [0.3, 0.4) is 0 Å². The SMILES string of the molecule is C[C@@H]1CCc2c(sc(NC(=O)C3=C(C(=O)O)CCCC3)c2-c2nc(C3CC3)no2)C1. The van der Waals surface area contributed by atoms with Crippen molar-refractivity contribution < 1.29 is 19.2 Å². The van der Waals surface area contributed by atoms with E-state index in [1.165, 1.54) is 10.4 Å². The van der Waals surface area contributed by atoms with Crippen LogP contribution < -0.4 is 5.32 Å². The zero-order valence-electron chi connectivity index (χ0n) is 17.0. The fourth-order valence-electron chi connectivity index (χ4n) is 4.48. The van der Waals surface area contributed by atoms with Gasteiger partial charge in [-0.2, -0.15) is 4.98 Å². The fraction of sp³-hybridized carbons (Fsp3) is 0.545. The van der Waals surface area contributed by atoms with Gasteiger partial charge in [0.15, 0.2) is 5.82 Å². The predicted molar refractivity (Wildman–Crippen MR) is 113 cm³/mol. The second kappa shape index (κ2) is 7.65. The molecule has 0 aromatic carbocycles. The predicted octanol–water partition coefficient (Wildman–Crippen LogP) is 4.69. The Morgan fingerprint density at radius 2 is 1.90 bits per heavy atom. The van der Waals surface area contributed by atoms with E-state index < -0.39 is 5.97 Å². The highest BCUT2D eigenvalue weighted by molar-refractivity contribution is 7.17. The van der Waals surface area contributed by atoms with Gasteiger partial charge in [0.05, 0.1) is 5.56 Å². The molecule has 0 spiro atoms. The highest BCUT2D eigenvalue weighted by Crippen LogP contribution is 2.46. The Morgan fingerprint density at radius 1 is 1.13 bits per heavy atom. The number of aliphatic carboxylic acids is 1. The van der Waals surface area contributed by atoms with Crippen LogP contribution in [-0.2, 0) is 22.4 Å². The molecule has 8 heteroatoms. The van der Waals surface area contributed by atoms with Gasteiger partial charge in [-0.3, -0.25) is 4.79 Å². The second-order valence-corrected chi connectivity index (χ2v) is 9.82. The highest BCUT2D eigenvalue weighted by Gasteiger charge is 2.33. The van der Waals surface area contributed by atoms with Crippen LogP contribution in [0.15, 0.2) is 15.7 Å². The van der Waals surface area contributed by atoms with Crippen molar-refractivity contribution in [2.24, 2.45) is 5.92 Å². The summed E-state index contributed by atoms with van der Waals surface area (Å²) < 4.78 is 5.62. The molecule has 1 amide bonds. The molecule has 30 heavy (non-hydrogen) atoms. The summed E-state index contributed by atoms with van der Waals surface area (Å²) in [6.45, 7) is 2.24. The van der Waals surface area contributed by atoms with Crippen molar-refractivity contribution in [1.29, 1.82) is 0 Å². The Kier molecular flexibility index (Phi) is 4.97. The van der Waals surface area contributed by atoms with Gasteiger partial charge < -0.3 is 14.9 Å². The summed E-state index contributed by atoms with van der Waals surface area (Å²) in [5.74, 6) is 0.884. The molecule has 0 saturated heterocycles. The van der Waals surface area contributed by atoms with Crippen LogP contribution in [0.25, 0.3) is 11.5 Å². The molecular formula is C22H25N3O4S. The molecule has 0 aliphatic heterocycles. The van der Waals surface area contributed by atoms with E-state index in [1.54, 1.807) is 11.3 Å². The monoisotopic (exact) mass is 427 g/mol. The summed E-state index contributed by atoms with van der Waals surface area (Å²) in [6.07, 6.45) is 7.73. The largest absolute Gasteiger partial charge is 0.478 e. The number of hydrogen-bond donors (Lipinski definition) is 2. The zero-order valence-corrected chi connectivity index (χ0v) is 17.8. The molecule has 3 aliphatic rings. The minimum absolute atomic E-state index is 0.240. The van der Waals surface area contributed by atoms with E-state index in [4.69, 9.17) is 4.52 Å². The Morgan fingerprint density at radius 3 is 2.63 bits per heavy atom. The number of carbonyl (C=O) groups excluding carboxylic acids is 1. The van der Waals surface area contributed by atoms with Crippen molar-refractivity contribution >= 4 is 28.2 Å². The third kappa shape index (κ3) is 3.57. The lowest BCUT2D eigenvalue weighted by Crippen LogP contribution is -2.21. The van der Waals surface area contributed by atoms with Crippen LogP contribution in [0.5, 0.6) is 0 Å². The topological polar surface area (TPSA) is 105 Å². The number of nitrogens with zero attached hydrogens (tertiary/aromatic N) is 2. The molecular weight excluding hydrogens is 402 g/mol. The van der Waals surface area contributed by atoms with Crippen molar-refractivity contribution in [2.75, 3.05) is 5.32 Å². The number of rotatable bonds is 5. The van der Waals surface area contributed by atoms with Gasteiger partial charge in [-0.25, -0.2) is 4.79 Å². The first-order chi connectivity index (χ1) is 14.5. The summed E-state index contributed by atoms with van der Waals surface area (Å²) in [7, 11) is 0. The normalized spacial score (nSPS) is 21.4. The molecule has 158 valence electrons. The van der Waals surface area contributed by atoms with E-state index >= 15 is 0 Å². The number of aromatic nitrogens is 2. The van der Waals surface area contributed by atoms with Crippen molar-refractivity contribution in [3.8, 4) is 11.5 Å². The molecule has 2 heterocycles. The van der Waals surface area contributed by atoms with E-state index in [1.807, 2.05) is 0 Å². The maximum atomic E-state index is 13.1. The lowest BCUT2D eigenvalue weighted by molar-refractivity contribution is -0.133. The number of carboxylic acid groups (broad SMARTS) is 1. The lowest BCUT2D eigenvalue weighted by Gasteiger charge is -2.18. The Balaban J connectivity index is 1.52. The number of hydrogen-bond acceptors (Lipinski definition) is 6. The lowest BCUT2D eigenvalue weighted by atomic mass is 9.88. The first-order valence-corrected chi connectivity index (χ1v) is 11.6. The summed E-state index contributed by atoms with van der Waals surface area (Å²) in [4.78, 5) is 30.6. The highest BCUT2D eigenvalue weighted by atomic mass is 32.1. The molecule has 2 aromatic rings. The van der Waals surface area contributed by atoms with E-state index in [2.05, 4.69) is 22.4 Å². The zero-order chi connectivity index (χ0) is 20.8. The number of amides is 1. The number of anilines is 1. The Labute approximate surface area is 178 Å². The molecule has 1 atom stereocenters. The molecule has 1 saturated carbocycles. The van der Waals surface area contributed by atoms with E-state index in [-0.39, 0.29) is 11.5 Å². The van der Waals surface area contributed by atoms with Crippen molar-refractivity contribution in [1.82, 2.24) is 10.1 Å². The molecule has 0 radical (unpaired) electrons. The third-order valence-corrected chi connectivity index (χ3v) is 7.51. The third-order valence-electron chi connectivity index (χ3n) is 6.34. The molecule has 7 nitrogen and oxygen atoms in total. The number of carbonyl (C=O) groups is 2. The minimum atomic E-state index is -0.995. The van der Waals surface area contributed by atoms with Crippen LogP contribution >= 0.6 is 11.3 Å². The molecule has 2 N–H and O–H groups in total. The molecule has 3 aliphatic carbocycles. The van der Waals surface area contributed by atoms with Gasteiger partial charge in [0.1, 0.15) is 5.00 Å². The maximum Gasteiger partial charge on any atom is 0.332 e. The molecule has 0 unspecified atom stereocenters. The van der Waals surface area contributed by atoms with Gasteiger partial charge in [0.25, 0.3) is 11.8 Å². The van der Waals surface area contributed by atoms with Gasteiger partial charge in [-0.15, -0.1) is 11.3 Å². The van der Waals surface area contributed by atoms with Gasteiger partial charge in [0.2, 0.25) is 0 Å². The van der Waals surface area contributed by atoms with Crippen molar-refractivity contribution in [3.63, 3.8) is 0 Å². The maximum absolute atomic E-state index is 13.1. The van der Waals surface area contributed by atoms with E-state index in [0.717, 1.165) is 56.3 Å². The standard InChI is InChI=1S/C22H25N3O4S/c1-11-6-9-15-16(10-11)30-21(17(15)20-23-18(25-29-20)12-7-8-12)24-19(26)13-4-2-3-5-14(13)22(27)28/h11-12H,2-10H2,1H3,(H,24,26)(H,27,28)/t11-/m1/s1. The van der Waals surface area contributed by atoms with Gasteiger partial charge >= 0.3 is 5.97 Å². The molecule has 2 aromatic heterocycles. The number of thiophene rings is 1. The van der Waals surface area contributed by atoms with E-state index in [9.17, 15) is 14.7 Å². The second-order valence-electron chi connectivity index (χ2n) is 8.71. The average Bonchev–Trinajstić information content (AvgIpc) is 3.36. The summed E-state index contributed by atoms with van der Waals surface area (Å²) >= 11 is 1.57. The Hall–Kier alpha value is -2.48. The van der Waals surface area contributed by atoms with Crippen LogP contribution in [0.1, 0.15) is 74.1 Å². The Bertz CT molecular complexity index is 1050. The average molecular weight is 428 g/mol. The number of nitrogens with one attached hydrogen (secondary N) is 1. The van der Waals surface area contributed by atoms with Crippen LogP contribution in [0.4, 0.5) is 5.00 Å². The summed E-state index contributed by atoms with van der Waals surface area (Å²) in [5.41, 5.74) is 2.66. The number of carboxylic acids is 1. The van der Waals surface area contributed by atoms with Gasteiger partial charge in [-0.05, 0) is 69.3 Å². The van der Waals surface area contributed by atoms with Crippen LogP contribution in [0.2, 0.25) is 0 Å². The molecule has 5 rings (SSSR count). The quantitative estimate of drug-likeness (QED) is 0.717. The first kappa shape index (κ1) is 19.5. The van der Waals surface area contributed by atoms with Crippen LogP contribution in [0, 0.1) is 5.92 Å². The molecule has 0 bridgehead atoms. The first-order valence-electron chi connectivity index (χ1n) is 10.8. The van der Waals surface area contributed by atoms with Crippen molar-refractivity contribution in [2.45, 2.75) is 70.6 Å². The van der Waals surface area contributed by atoms with Crippen molar-refractivity contribution in [3.05, 3.63) is 27.4 Å². The smallest absolute Gasteiger partial charge is 0.332 e. The summed E-state index contributed by atoms with van der Waals surface area (Å²) in [5, 5.41) is 17.4.